The third kappa shape index (κ3) is 3.22. The zero-order valence-electron chi connectivity index (χ0n) is 16.0. The molecule has 1 aromatic carbocycles. The second-order valence-corrected chi connectivity index (χ2v) is 7.97. The summed E-state index contributed by atoms with van der Waals surface area (Å²) in [5.74, 6) is 0.932. The highest BCUT2D eigenvalue weighted by molar-refractivity contribution is 5.93. The summed E-state index contributed by atoms with van der Waals surface area (Å²) >= 11 is 0. The number of nitrogens with one attached hydrogen (secondary N) is 2. The Hall–Kier alpha value is -2.60. The summed E-state index contributed by atoms with van der Waals surface area (Å²) in [6.45, 7) is 4.66. The number of nitrogens with zero attached hydrogens (tertiary/aromatic N) is 2. The van der Waals surface area contributed by atoms with Crippen LogP contribution in [0, 0.1) is 0 Å². The first kappa shape index (κ1) is 17.5. The van der Waals surface area contributed by atoms with E-state index in [9.17, 15) is 4.79 Å². The summed E-state index contributed by atoms with van der Waals surface area (Å²) in [7, 11) is 0. The number of hydrogen-bond donors (Lipinski definition) is 2. The van der Waals surface area contributed by atoms with Crippen LogP contribution in [0.15, 0.2) is 36.4 Å². The van der Waals surface area contributed by atoms with E-state index in [-0.39, 0.29) is 5.91 Å². The number of para-hydroxylation sites is 1. The van der Waals surface area contributed by atoms with Crippen LogP contribution in [0.1, 0.15) is 34.5 Å². The van der Waals surface area contributed by atoms with Crippen LogP contribution in [0.2, 0.25) is 0 Å². The molecule has 6 nitrogen and oxygen atoms in total. The molecular weight excluding hydrogens is 352 g/mol. The van der Waals surface area contributed by atoms with Crippen molar-refractivity contribution in [2.24, 2.45) is 0 Å². The Labute approximate surface area is 165 Å². The summed E-state index contributed by atoms with van der Waals surface area (Å²) in [4.78, 5) is 18.7. The van der Waals surface area contributed by atoms with E-state index in [0.717, 1.165) is 18.9 Å². The Morgan fingerprint density at radius 1 is 1.07 bits per heavy atom. The molecule has 1 saturated carbocycles. The number of fused-ring (bicyclic) bond motifs is 3. The Kier molecular flexibility index (Phi) is 4.43. The van der Waals surface area contributed by atoms with Crippen molar-refractivity contribution < 1.29 is 9.53 Å². The molecule has 4 aliphatic rings. The van der Waals surface area contributed by atoms with Crippen LogP contribution in [-0.2, 0) is 16.6 Å². The standard InChI is InChI=1S/C14H17N3O2.C8H9N/c18-13(17-5-7-19-8-6-17)11-2-1-10-12(16-11)15-9-14(10)3-4-14;1-2-4-8-7(3-1)5-6-9-8/h1-2H,3-9H2,(H,15,16);1-4,9H,5-6H2. The van der Waals surface area contributed by atoms with Crippen LogP contribution in [0.3, 0.4) is 0 Å². The Morgan fingerprint density at radius 2 is 1.89 bits per heavy atom. The molecule has 0 radical (unpaired) electrons. The first-order valence-corrected chi connectivity index (χ1v) is 10.2. The number of hydrogen-bond acceptors (Lipinski definition) is 5. The molecule has 0 atom stereocenters. The molecule has 2 N–H and O–H groups in total. The van der Waals surface area contributed by atoms with Gasteiger partial charge in [0.05, 0.1) is 13.2 Å². The van der Waals surface area contributed by atoms with E-state index in [1.807, 2.05) is 11.0 Å². The molecule has 2 fully saturated rings. The molecule has 0 unspecified atom stereocenters. The van der Waals surface area contributed by atoms with Crippen LogP contribution < -0.4 is 10.6 Å². The number of amides is 1. The lowest BCUT2D eigenvalue weighted by atomic mass is 10.0. The number of carbonyl (C=O) groups is 1. The fourth-order valence-electron chi connectivity index (χ4n) is 4.26. The maximum Gasteiger partial charge on any atom is 0.272 e. The van der Waals surface area contributed by atoms with Crippen molar-refractivity contribution in [3.8, 4) is 0 Å². The van der Waals surface area contributed by atoms with Gasteiger partial charge < -0.3 is 20.3 Å². The van der Waals surface area contributed by atoms with Crippen LogP contribution in [0.25, 0.3) is 0 Å². The van der Waals surface area contributed by atoms with Crippen LogP contribution in [0.4, 0.5) is 11.5 Å². The second kappa shape index (κ2) is 7.09. The van der Waals surface area contributed by atoms with Gasteiger partial charge in [0.15, 0.2) is 0 Å². The van der Waals surface area contributed by atoms with Gasteiger partial charge in [-0.15, -0.1) is 0 Å². The van der Waals surface area contributed by atoms with Crippen LogP contribution in [0.5, 0.6) is 0 Å². The van der Waals surface area contributed by atoms with E-state index >= 15 is 0 Å². The summed E-state index contributed by atoms with van der Waals surface area (Å²) < 4.78 is 5.27. The first-order valence-electron chi connectivity index (χ1n) is 10.2. The molecule has 4 heterocycles. The molecule has 1 spiro atoms. The molecule has 2 aromatic rings. The second-order valence-electron chi connectivity index (χ2n) is 7.97. The number of carbonyl (C=O) groups excluding carboxylic acids is 1. The van der Waals surface area contributed by atoms with Gasteiger partial charge in [-0.3, -0.25) is 4.79 Å². The normalized spacial score (nSPS) is 20.4. The van der Waals surface area contributed by atoms with Crippen LogP contribution in [-0.4, -0.2) is 55.2 Å². The molecule has 6 heteroatoms. The van der Waals surface area contributed by atoms with Gasteiger partial charge in [0, 0.05) is 42.8 Å². The number of ether oxygens (including phenoxy) is 1. The summed E-state index contributed by atoms with van der Waals surface area (Å²) in [5.41, 5.74) is 4.95. The Balaban J connectivity index is 0.000000158. The molecule has 3 aliphatic heterocycles. The third-order valence-electron chi connectivity index (χ3n) is 6.16. The van der Waals surface area contributed by atoms with Crippen LogP contribution >= 0.6 is 0 Å². The molecule has 1 aliphatic carbocycles. The summed E-state index contributed by atoms with van der Waals surface area (Å²) in [6, 6.07) is 12.4. The van der Waals surface area contributed by atoms with Crippen molar-refractivity contribution in [3.63, 3.8) is 0 Å². The number of morpholine rings is 1. The van der Waals surface area contributed by atoms with Crippen molar-refractivity contribution in [3.05, 3.63) is 53.2 Å². The fourth-order valence-corrected chi connectivity index (χ4v) is 4.26. The van der Waals surface area contributed by atoms with Gasteiger partial charge >= 0.3 is 0 Å². The van der Waals surface area contributed by atoms with Gasteiger partial charge in [-0.2, -0.15) is 0 Å². The highest BCUT2D eigenvalue weighted by atomic mass is 16.5. The number of benzene rings is 1. The van der Waals surface area contributed by atoms with Gasteiger partial charge in [-0.05, 0) is 37.0 Å². The highest BCUT2D eigenvalue weighted by Gasteiger charge is 2.49. The molecule has 146 valence electrons. The molecule has 1 aromatic heterocycles. The molecule has 28 heavy (non-hydrogen) atoms. The minimum Gasteiger partial charge on any atom is -0.384 e. The fraction of sp³-hybridized carbons (Fsp3) is 0.455. The van der Waals surface area contributed by atoms with Gasteiger partial charge in [-0.25, -0.2) is 4.98 Å². The predicted octanol–water partition coefficient (Wildman–Crippen LogP) is 2.67. The quantitative estimate of drug-likeness (QED) is 0.799. The smallest absolute Gasteiger partial charge is 0.272 e. The number of rotatable bonds is 1. The van der Waals surface area contributed by atoms with Gasteiger partial charge in [0.2, 0.25) is 0 Å². The lowest BCUT2D eigenvalue weighted by Crippen LogP contribution is -2.41. The molecule has 1 amide bonds. The topological polar surface area (TPSA) is 66.5 Å². The zero-order valence-corrected chi connectivity index (χ0v) is 16.0. The summed E-state index contributed by atoms with van der Waals surface area (Å²) in [6.07, 6.45) is 3.67. The maximum atomic E-state index is 12.4. The van der Waals surface area contributed by atoms with E-state index in [1.165, 1.54) is 36.1 Å². The molecule has 6 rings (SSSR count). The van der Waals surface area contributed by atoms with Crippen molar-refractivity contribution in [1.82, 2.24) is 9.88 Å². The lowest BCUT2D eigenvalue weighted by Gasteiger charge is -2.26. The number of pyridine rings is 1. The minimum absolute atomic E-state index is 0.0182. The maximum absolute atomic E-state index is 12.4. The van der Waals surface area contributed by atoms with Crippen molar-refractivity contribution in [2.75, 3.05) is 50.0 Å². The zero-order chi connectivity index (χ0) is 19.0. The molecule has 1 saturated heterocycles. The van der Waals surface area contributed by atoms with Gasteiger partial charge in [0.1, 0.15) is 11.5 Å². The van der Waals surface area contributed by atoms with Gasteiger partial charge in [-0.1, -0.05) is 24.3 Å². The largest absolute Gasteiger partial charge is 0.384 e. The number of aromatic nitrogens is 1. The van der Waals surface area contributed by atoms with Crippen molar-refractivity contribution in [2.45, 2.75) is 24.7 Å². The molecule has 0 bridgehead atoms. The van der Waals surface area contributed by atoms with E-state index in [1.54, 1.807) is 0 Å². The molecular formula is C22H26N4O2. The highest BCUT2D eigenvalue weighted by Crippen LogP contribution is 2.53. The summed E-state index contributed by atoms with van der Waals surface area (Å²) in [5, 5.41) is 6.64. The first-order chi connectivity index (χ1) is 13.8. The van der Waals surface area contributed by atoms with Crippen molar-refractivity contribution in [1.29, 1.82) is 0 Å². The van der Waals surface area contributed by atoms with E-state index in [4.69, 9.17) is 4.74 Å². The van der Waals surface area contributed by atoms with E-state index in [2.05, 4.69) is 45.9 Å². The van der Waals surface area contributed by atoms with E-state index in [0.29, 0.717) is 37.4 Å². The average Bonchev–Trinajstić information content (AvgIpc) is 3.23. The van der Waals surface area contributed by atoms with E-state index < -0.39 is 0 Å². The predicted molar refractivity (Wildman–Crippen MR) is 109 cm³/mol. The third-order valence-corrected chi connectivity index (χ3v) is 6.16. The van der Waals surface area contributed by atoms with Crippen molar-refractivity contribution >= 4 is 17.4 Å². The number of anilines is 2. The Bertz CT molecular complexity index is 865. The minimum atomic E-state index is 0.0182. The average molecular weight is 378 g/mol. The SMILES string of the molecule is O=C(c1ccc2c(n1)NCC21CC1)N1CCOCC1.c1ccc2c(c1)CCN2. The monoisotopic (exact) mass is 378 g/mol. The Morgan fingerprint density at radius 3 is 2.68 bits per heavy atom. The van der Waals surface area contributed by atoms with Gasteiger partial charge in [0.25, 0.3) is 5.91 Å². The lowest BCUT2D eigenvalue weighted by molar-refractivity contribution is 0.0299.